The summed E-state index contributed by atoms with van der Waals surface area (Å²) < 4.78 is 0. The average molecular weight is 251 g/mol. The Morgan fingerprint density at radius 3 is 2.67 bits per heavy atom. The van der Waals surface area contributed by atoms with E-state index in [4.69, 9.17) is 6.42 Å². The molecule has 1 rings (SSSR count). The van der Waals surface area contributed by atoms with E-state index in [0.29, 0.717) is 0 Å². The van der Waals surface area contributed by atoms with Crippen LogP contribution in [0.5, 0.6) is 0 Å². The van der Waals surface area contributed by atoms with Crippen molar-refractivity contribution in [3.63, 3.8) is 0 Å². The third-order valence-corrected chi connectivity index (χ3v) is 3.50. The summed E-state index contributed by atoms with van der Waals surface area (Å²) >= 11 is 0. The van der Waals surface area contributed by atoms with Gasteiger partial charge in [-0.25, -0.2) is 0 Å². The monoisotopic (exact) mass is 251 g/mol. The number of amides is 1. The van der Waals surface area contributed by atoms with E-state index in [1.807, 2.05) is 13.8 Å². The van der Waals surface area contributed by atoms with Crippen LogP contribution in [0.4, 0.5) is 0 Å². The van der Waals surface area contributed by atoms with Gasteiger partial charge < -0.3 is 10.6 Å². The summed E-state index contributed by atoms with van der Waals surface area (Å²) in [6, 6.07) is 0. The Hall–Kier alpha value is -1.05. The summed E-state index contributed by atoms with van der Waals surface area (Å²) in [5.74, 6) is 2.73. The molecular formula is C14H25N3O. The van der Waals surface area contributed by atoms with Gasteiger partial charge in [0.2, 0.25) is 5.91 Å². The van der Waals surface area contributed by atoms with Gasteiger partial charge in [-0.15, -0.1) is 12.3 Å². The van der Waals surface area contributed by atoms with Gasteiger partial charge in [0.25, 0.3) is 0 Å². The molecule has 18 heavy (non-hydrogen) atoms. The lowest BCUT2D eigenvalue weighted by Crippen LogP contribution is -2.60. The number of carbonyl (C=O) groups is 1. The topological polar surface area (TPSA) is 44.4 Å². The SMILES string of the molecule is C#CCCCCNC(=O)C(C)(C)N1CCNCC1. The molecule has 0 spiro atoms. The van der Waals surface area contributed by atoms with Crippen LogP contribution in [0.3, 0.4) is 0 Å². The lowest BCUT2D eigenvalue weighted by molar-refractivity contribution is -0.132. The second-order valence-corrected chi connectivity index (χ2v) is 5.21. The summed E-state index contributed by atoms with van der Waals surface area (Å²) in [6.45, 7) is 8.48. The van der Waals surface area contributed by atoms with E-state index in [9.17, 15) is 4.79 Å². The van der Waals surface area contributed by atoms with Gasteiger partial charge in [0.15, 0.2) is 0 Å². The smallest absolute Gasteiger partial charge is 0.239 e. The van der Waals surface area contributed by atoms with Crippen molar-refractivity contribution >= 4 is 5.91 Å². The minimum Gasteiger partial charge on any atom is -0.355 e. The Morgan fingerprint density at radius 1 is 1.39 bits per heavy atom. The zero-order chi connectivity index (χ0) is 13.4. The van der Waals surface area contributed by atoms with Gasteiger partial charge in [-0.3, -0.25) is 9.69 Å². The van der Waals surface area contributed by atoms with Gasteiger partial charge in [-0.1, -0.05) is 0 Å². The van der Waals surface area contributed by atoms with Crippen LogP contribution in [0.2, 0.25) is 0 Å². The zero-order valence-electron chi connectivity index (χ0n) is 11.6. The van der Waals surface area contributed by atoms with E-state index in [-0.39, 0.29) is 5.91 Å². The Morgan fingerprint density at radius 2 is 2.06 bits per heavy atom. The molecule has 102 valence electrons. The molecular weight excluding hydrogens is 226 g/mol. The van der Waals surface area contributed by atoms with Crippen molar-refractivity contribution in [1.29, 1.82) is 0 Å². The van der Waals surface area contributed by atoms with Gasteiger partial charge in [0, 0.05) is 39.1 Å². The van der Waals surface area contributed by atoms with Crippen LogP contribution in [0.1, 0.15) is 33.1 Å². The molecule has 4 heteroatoms. The highest BCUT2D eigenvalue weighted by Crippen LogP contribution is 2.15. The largest absolute Gasteiger partial charge is 0.355 e. The molecule has 1 heterocycles. The fraction of sp³-hybridized carbons (Fsp3) is 0.786. The summed E-state index contributed by atoms with van der Waals surface area (Å²) in [5, 5.41) is 6.31. The number of nitrogens with zero attached hydrogens (tertiary/aromatic N) is 1. The maximum absolute atomic E-state index is 12.2. The quantitative estimate of drug-likeness (QED) is 0.536. The molecule has 1 aliphatic rings. The molecule has 0 unspecified atom stereocenters. The van der Waals surface area contributed by atoms with Crippen LogP contribution >= 0.6 is 0 Å². The van der Waals surface area contributed by atoms with Crippen LogP contribution in [0.25, 0.3) is 0 Å². The minimum atomic E-state index is -0.422. The average Bonchev–Trinajstić information content (AvgIpc) is 2.39. The van der Waals surface area contributed by atoms with Gasteiger partial charge in [0.1, 0.15) is 0 Å². The molecule has 0 atom stereocenters. The second kappa shape index (κ2) is 7.40. The van der Waals surface area contributed by atoms with Crippen LogP contribution in [-0.2, 0) is 4.79 Å². The molecule has 0 aromatic heterocycles. The molecule has 0 aromatic rings. The molecule has 4 nitrogen and oxygen atoms in total. The highest BCUT2D eigenvalue weighted by Gasteiger charge is 2.34. The Balaban J connectivity index is 2.32. The first-order valence-corrected chi connectivity index (χ1v) is 6.76. The molecule has 0 bridgehead atoms. The van der Waals surface area contributed by atoms with Gasteiger partial charge in [-0.05, 0) is 26.7 Å². The standard InChI is InChI=1S/C14H25N3O/c1-4-5-6-7-8-16-13(18)14(2,3)17-11-9-15-10-12-17/h1,15H,5-12H2,2-3H3,(H,16,18). The number of hydrogen-bond donors (Lipinski definition) is 2. The maximum Gasteiger partial charge on any atom is 0.239 e. The number of hydrogen-bond acceptors (Lipinski definition) is 3. The first kappa shape index (κ1) is 15.0. The zero-order valence-corrected chi connectivity index (χ0v) is 11.6. The fourth-order valence-electron chi connectivity index (χ4n) is 2.14. The predicted molar refractivity (Wildman–Crippen MR) is 74.2 cm³/mol. The van der Waals surface area contributed by atoms with Crippen molar-refractivity contribution in [3.05, 3.63) is 0 Å². The molecule has 2 N–H and O–H groups in total. The number of rotatable bonds is 6. The first-order valence-electron chi connectivity index (χ1n) is 6.76. The highest BCUT2D eigenvalue weighted by atomic mass is 16.2. The molecule has 0 saturated carbocycles. The van der Waals surface area contributed by atoms with Crippen molar-refractivity contribution in [2.24, 2.45) is 0 Å². The number of piperazine rings is 1. The third-order valence-electron chi connectivity index (χ3n) is 3.50. The number of carbonyl (C=O) groups excluding carboxylic acids is 1. The molecule has 0 aliphatic carbocycles. The lowest BCUT2D eigenvalue weighted by atomic mass is 10.0. The normalized spacial score (nSPS) is 17.2. The van der Waals surface area contributed by atoms with E-state index >= 15 is 0 Å². The Kier molecular flexibility index (Phi) is 6.17. The summed E-state index contributed by atoms with van der Waals surface area (Å²) in [4.78, 5) is 14.4. The van der Waals surface area contributed by atoms with Crippen LogP contribution in [0, 0.1) is 12.3 Å². The number of nitrogens with one attached hydrogen (secondary N) is 2. The van der Waals surface area contributed by atoms with Crippen molar-refractivity contribution in [2.45, 2.75) is 38.6 Å². The van der Waals surface area contributed by atoms with Crippen molar-refractivity contribution < 1.29 is 4.79 Å². The van der Waals surface area contributed by atoms with Gasteiger partial charge in [0.05, 0.1) is 5.54 Å². The summed E-state index contributed by atoms with van der Waals surface area (Å²) in [5.41, 5.74) is -0.422. The van der Waals surface area contributed by atoms with E-state index in [2.05, 4.69) is 21.5 Å². The van der Waals surface area contributed by atoms with Gasteiger partial charge >= 0.3 is 0 Å². The van der Waals surface area contributed by atoms with Gasteiger partial charge in [-0.2, -0.15) is 0 Å². The van der Waals surface area contributed by atoms with Crippen molar-refractivity contribution in [3.8, 4) is 12.3 Å². The second-order valence-electron chi connectivity index (χ2n) is 5.21. The first-order chi connectivity index (χ1) is 8.59. The Bertz CT molecular complexity index is 301. The van der Waals surface area contributed by atoms with Crippen LogP contribution in [-0.4, -0.2) is 49.1 Å². The predicted octanol–water partition coefficient (Wildman–Crippen LogP) is 0.590. The third kappa shape index (κ3) is 4.32. The minimum absolute atomic E-state index is 0.116. The van der Waals surface area contributed by atoms with Crippen LogP contribution in [0.15, 0.2) is 0 Å². The van der Waals surface area contributed by atoms with E-state index in [1.54, 1.807) is 0 Å². The molecule has 1 aliphatic heterocycles. The number of unbranched alkanes of at least 4 members (excludes halogenated alkanes) is 2. The van der Waals surface area contributed by atoms with E-state index in [1.165, 1.54) is 0 Å². The van der Waals surface area contributed by atoms with E-state index in [0.717, 1.165) is 52.0 Å². The highest BCUT2D eigenvalue weighted by molar-refractivity contribution is 5.85. The lowest BCUT2D eigenvalue weighted by Gasteiger charge is -2.39. The summed E-state index contributed by atoms with van der Waals surface area (Å²) in [7, 11) is 0. The fourth-order valence-corrected chi connectivity index (χ4v) is 2.14. The Labute approximate surface area is 110 Å². The number of terminal acetylenes is 1. The molecule has 0 aromatic carbocycles. The summed E-state index contributed by atoms with van der Waals surface area (Å²) in [6.07, 6.45) is 7.91. The maximum atomic E-state index is 12.2. The molecule has 0 radical (unpaired) electrons. The van der Waals surface area contributed by atoms with E-state index < -0.39 is 5.54 Å². The van der Waals surface area contributed by atoms with Crippen molar-refractivity contribution in [2.75, 3.05) is 32.7 Å². The van der Waals surface area contributed by atoms with Crippen LogP contribution < -0.4 is 10.6 Å². The van der Waals surface area contributed by atoms with Crippen molar-refractivity contribution in [1.82, 2.24) is 15.5 Å². The molecule has 1 saturated heterocycles. The molecule has 1 fully saturated rings. The molecule has 1 amide bonds.